The van der Waals surface area contributed by atoms with Gasteiger partial charge in [-0.2, -0.15) is 0 Å². The van der Waals surface area contributed by atoms with E-state index in [4.69, 9.17) is 0 Å². The summed E-state index contributed by atoms with van der Waals surface area (Å²) >= 11 is 0. The summed E-state index contributed by atoms with van der Waals surface area (Å²) in [5.41, 5.74) is -0.644. The van der Waals surface area contributed by atoms with Crippen molar-refractivity contribution in [3.8, 4) is 0 Å². The second-order valence-electron chi connectivity index (χ2n) is 7.53. The maximum absolute atomic E-state index is 11.2. The quantitative estimate of drug-likeness (QED) is 0.807. The first-order valence-corrected chi connectivity index (χ1v) is 7.42. The first-order chi connectivity index (χ1) is 8.45. The highest BCUT2D eigenvalue weighted by Gasteiger charge is 2.48. The lowest BCUT2D eigenvalue weighted by atomic mass is 9.54. The second-order valence-corrected chi connectivity index (χ2v) is 7.53. The van der Waals surface area contributed by atoms with Crippen LogP contribution in [-0.2, 0) is 4.79 Å². The molecule has 4 fully saturated rings. The molecule has 0 saturated heterocycles. The molecule has 4 rings (SSSR count). The van der Waals surface area contributed by atoms with E-state index in [0.29, 0.717) is 12.6 Å². The molecule has 4 saturated carbocycles. The third kappa shape index (κ3) is 2.07. The standard InChI is InChI=1S/C15H25NO2/c1-15(2,14(17)18)8-16-13-11-4-9-3-10(6-11)7-12(13)5-9/h9-13,16H,3-8H2,1-2H3,(H,17,18). The van der Waals surface area contributed by atoms with Crippen LogP contribution in [0.25, 0.3) is 0 Å². The molecular formula is C15H25NO2. The van der Waals surface area contributed by atoms with E-state index >= 15 is 0 Å². The number of hydrogen-bond donors (Lipinski definition) is 2. The lowest BCUT2D eigenvalue weighted by molar-refractivity contribution is -0.147. The molecule has 18 heavy (non-hydrogen) atoms. The molecule has 102 valence electrons. The zero-order chi connectivity index (χ0) is 12.9. The Labute approximate surface area is 109 Å². The van der Waals surface area contributed by atoms with Crippen LogP contribution in [0, 0.1) is 29.1 Å². The van der Waals surface area contributed by atoms with Gasteiger partial charge in [0.2, 0.25) is 0 Å². The fraction of sp³-hybridized carbons (Fsp3) is 0.933. The summed E-state index contributed by atoms with van der Waals surface area (Å²) in [6, 6.07) is 0.594. The van der Waals surface area contributed by atoms with Crippen molar-refractivity contribution in [1.29, 1.82) is 0 Å². The maximum Gasteiger partial charge on any atom is 0.310 e. The molecule has 0 heterocycles. The van der Waals surface area contributed by atoms with Crippen molar-refractivity contribution in [2.24, 2.45) is 29.1 Å². The Bertz CT molecular complexity index is 322. The highest BCUT2D eigenvalue weighted by atomic mass is 16.4. The minimum absolute atomic E-state index is 0.594. The summed E-state index contributed by atoms with van der Waals surface area (Å²) in [6.07, 6.45) is 7.02. The van der Waals surface area contributed by atoms with Gasteiger partial charge in [0.15, 0.2) is 0 Å². The molecule has 0 aromatic rings. The van der Waals surface area contributed by atoms with Crippen LogP contribution in [0.15, 0.2) is 0 Å². The number of carbonyl (C=O) groups is 1. The molecule has 0 aromatic carbocycles. The average molecular weight is 251 g/mol. The number of aliphatic carboxylic acids is 1. The first kappa shape index (κ1) is 12.5. The number of hydrogen-bond acceptors (Lipinski definition) is 2. The Morgan fingerprint density at radius 1 is 1.11 bits per heavy atom. The van der Waals surface area contributed by atoms with Crippen LogP contribution in [0.4, 0.5) is 0 Å². The molecule has 0 unspecified atom stereocenters. The summed E-state index contributed by atoms with van der Waals surface area (Å²) in [4.78, 5) is 11.2. The van der Waals surface area contributed by atoms with E-state index in [1.54, 1.807) is 0 Å². The molecule has 0 atom stereocenters. The molecule has 2 N–H and O–H groups in total. The summed E-state index contributed by atoms with van der Waals surface area (Å²) < 4.78 is 0. The molecule has 3 nitrogen and oxygen atoms in total. The van der Waals surface area contributed by atoms with Gasteiger partial charge in [0.05, 0.1) is 5.41 Å². The minimum Gasteiger partial charge on any atom is -0.481 e. The second kappa shape index (κ2) is 4.22. The summed E-state index contributed by atoms with van der Waals surface area (Å²) in [5.74, 6) is 2.92. The monoisotopic (exact) mass is 251 g/mol. The molecule has 0 spiro atoms. The smallest absolute Gasteiger partial charge is 0.310 e. The van der Waals surface area contributed by atoms with Crippen LogP contribution in [0.3, 0.4) is 0 Å². The van der Waals surface area contributed by atoms with Gasteiger partial charge in [-0.1, -0.05) is 0 Å². The maximum atomic E-state index is 11.2. The molecule has 0 aromatic heterocycles. The van der Waals surface area contributed by atoms with Crippen molar-refractivity contribution in [3.05, 3.63) is 0 Å². The lowest BCUT2D eigenvalue weighted by Gasteiger charge is -2.55. The van der Waals surface area contributed by atoms with E-state index in [9.17, 15) is 9.90 Å². The Morgan fingerprint density at radius 3 is 2.06 bits per heavy atom. The number of carboxylic acids is 1. The van der Waals surface area contributed by atoms with E-state index in [-0.39, 0.29) is 0 Å². The summed E-state index contributed by atoms with van der Waals surface area (Å²) in [6.45, 7) is 4.24. The SMILES string of the molecule is CC(C)(CNC1C2CC3CC(C2)CC1C3)C(=O)O. The van der Waals surface area contributed by atoms with Crippen molar-refractivity contribution < 1.29 is 9.90 Å². The van der Waals surface area contributed by atoms with Crippen LogP contribution < -0.4 is 5.32 Å². The van der Waals surface area contributed by atoms with E-state index < -0.39 is 11.4 Å². The molecule has 4 aliphatic rings. The summed E-state index contributed by atoms with van der Waals surface area (Å²) in [5, 5.41) is 12.8. The summed E-state index contributed by atoms with van der Waals surface area (Å²) in [7, 11) is 0. The van der Waals surface area contributed by atoms with Crippen molar-refractivity contribution >= 4 is 5.97 Å². The van der Waals surface area contributed by atoms with Crippen LogP contribution in [0.1, 0.15) is 46.0 Å². The predicted molar refractivity (Wildman–Crippen MR) is 70.3 cm³/mol. The van der Waals surface area contributed by atoms with E-state index in [2.05, 4.69) is 5.32 Å². The van der Waals surface area contributed by atoms with Gasteiger partial charge in [0.25, 0.3) is 0 Å². The largest absolute Gasteiger partial charge is 0.481 e. The lowest BCUT2D eigenvalue weighted by Crippen LogP contribution is -2.56. The topological polar surface area (TPSA) is 49.3 Å². The van der Waals surface area contributed by atoms with Crippen LogP contribution >= 0.6 is 0 Å². The van der Waals surface area contributed by atoms with Crippen molar-refractivity contribution in [2.45, 2.75) is 52.0 Å². The third-order valence-corrected chi connectivity index (χ3v) is 5.59. The van der Waals surface area contributed by atoms with Crippen molar-refractivity contribution in [2.75, 3.05) is 6.54 Å². The number of rotatable bonds is 4. The van der Waals surface area contributed by atoms with E-state index in [1.807, 2.05) is 13.8 Å². The van der Waals surface area contributed by atoms with Crippen LogP contribution in [0.5, 0.6) is 0 Å². The van der Waals surface area contributed by atoms with E-state index in [1.165, 1.54) is 32.1 Å². The Hall–Kier alpha value is -0.570. The van der Waals surface area contributed by atoms with Gasteiger partial charge in [0, 0.05) is 12.6 Å². The molecule has 3 heteroatoms. The number of nitrogens with one attached hydrogen (secondary N) is 1. The van der Waals surface area contributed by atoms with Gasteiger partial charge < -0.3 is 10.4 Å². The molecular weight excluding hydrogens is 226 g/mol. The van der Waals surface area contributed by atoms with Gasteiger partial charge in [-0.3, -0.25) is 4.79 Å². The molecule has 4 bridgehead atoms. The highest BCUT2D eigenvalue weighted by Crippen LogP contribution is 2.53. The van der Waals surface area contributed by atoms with Gasteiger partial charge in [-0.15, -0.1) is 0 Å². The normalized spacial score (nSPS) is 42.2. The Balaban J connectivity index is 1.62. The van der Waals surface area contributed by atoms with Gasteiger partial charge >= 0.3 is 5.97 Å². The molecule has 4 aliphatic carbocycles. The number of carboxylic acid groups (broad SMARTS) is 1. The van der Waals surface area contributed by atoms with E-state index in [0.717, 1.165) is 23.7 Å². The zero-order valence-electron chi connectivity index (χ0n) is 11.5. The molecule has 0 aliphatic heterocycles. The molecule has 0 radical (unpaired) electrons. The fourth-order valence-electron chi connectivity index (χ4n) is 4.71. The Morgan fingerprint density at radius 2 is 1.61 bits per heavy atom. The minimum atomic E-state index is -0.696. The predicted octanol–water partition coefficient (Wildman–Crippen LogP) is 2.51. The highest BCUT2D eigenvalue weighted by molar-refractivity contribution is 5.73. The first-order valence-electron chi connectivity index (χ1n) is 7.42. The van der Waals surface area contributed by atoms with Crippen molar-refractivity contribution in [3.63, 3.8) is 0 Å². The molecule has 0 amide bonds. The third-order valence-electron chi connectivity index (χ3n) is 5.59. The van der Waals surface area contributed by atoms with Crippen LogP contribution in [0.2, 0.25) is 0 Å². The average Bonchev–Trinajstić information content (AvgIpc) is 2.26. The Kier molecular flexibility index (Phi) is 2.92. The van der Waals surface area contributed by atoms with Gasteiger partial charge in [-0.25, -0.2) is 0 Å². The van der Waals surface area contributed by atoms with Crippen LogP contribution in [-0.4, -0.2) is 23.7 Å². The van der Waals surface area contributed by atoms with Gasteiger partial charge in [0.1, 0.15) is 0 Å². The van der Waals surface area contributed by atoms with Gasteiger partial charge in [-0.05, 0) is 69.6 Å². The fourth-order valence-corrected chi connectivity index (χ4v) is 4.71. The van der Waals surface area contributed by atoms with Crippen molar-refractivity contribution in [1.82, 2.24) is 5.32 Å². The zero-order valence-corrected chi connectivity index (χ0v) is 11.5.